The van der Waals surface area contributed by atoms with E-state index in [0.717, 1.165) is 19.3 Å². The summed E-state index contributed by atoms with van der Waals surface area (Å²) in [6.45, 7) is 12.0. The first-order valence-corrected chi connectivity index (χ1v) is 11.9. The van der Waals surface area contributed by atoms with Gasteiger partial charge in [-0.1, -0.05) is 39.7 Å². The number of hydrogen-bond acceptors (Lipinski definition) is 5. The van der Waals surface area contributed by atoms with E-state index in [0.29, 0.717) is 25.9 Å². The van der Waals surface area contributed by atoms with Gasteiger partial charge in [0.1, 0.15) is 17.6 Å². The Labute approximate surface area is 190 Å². The van der Waals surface area contributed by atoms with Crippen LogP contribution in [-0.4, -0.2) is 80.8 Å². The molecule has 8 heteroatoms. The van der Waals surface area contributed by atoms with Gasteiger partial charge in [0.05, 0.1) is 24.2 Å². The van der Waals surface area contributed by atoms with Crippen molar-refractivity contribution in [2.24, 2.45) is 17.8 Å². The molecule has 0 radical (unpaired) electrons. The molecular weight excluding hydrogens is 412 g/mol. The standard InChI is InChI=1S/C24H38N2O6/c1-6-9-10-12-25(11-7-2)21(29)19-24-13-15(4)23(5,32-24)18(22(30)31)17(24)20(28)26(19)16(8-3)14-27/h7,15-19,27H,2,6,8-14H2,1,3-5H3,(H,30,31)/t15?,16-,17-,18+,19?,23-,24?/m0/s1. The molecule has 0 aromatic heterocycles. The van der Waals surface area contributed by atoms with Crippen molar-refractivity contribution in [1.82, 2.24) is 9.80 Å². The Kier molecular flexibility index (Phi) is 7.05. The van der Waals surface area contributed by atoms with Crippen LogP contribution in [0.25, 0.3) is 0 Å². The number of nitrogens with zero attached hydrogens (tertiary/aromatic N) is 2. The summed E-state index contributed by atoms with van der Waals surface area (Å²) in [6, 6.07) is -1.52. The summed E-state index contributed by atoms with van der Waals surface area (Å²) < 4.78 is 6.49. The van der Waals surface area contributed by atoms with Crippen LogP contribution < -0.4 is 0 Å². The zero-order chi connectivity index (χ0) is 23.8. The van der Waals surface area contributed by atoms with Gasteiger partial charge in [0.2, 0.25) is 11.8 Å². The highest BCUT2D eigenvalue weighted by Gasteiger charge is 2.80. The van der Waals surface area contributed by atoms with E-state index in [1.165, 1.54) is 4.90 Å². The minimum absolute atomic E-state index is 0.120. The van der Waals surface area contributed by atoms with Gasteiger partial charge in [0, 0.05) is 13.1 Å². The van der Waals surface area contributed by atoms with Crippen molar-refractivity contribution in [3.63, 3.8) is 0 Å². The lowest BCUT2D eigenvalue weighted by Gasteiger charge is -2.39. The molecule has 2 bridgehead atoms. The molecule has 3 fully saturated rings. The Balaban J connectivity index is 2.10. The van der Waals surface area contributed by atoms with Crippen LogP contribution in [0, 0.1) is 17.8 Å². The van der Waals surface area contributed by atoms with E-state index in [1.54, 1.807) is 17.9 Å². The maximum Gasteiger partial charge on any atom is 0.310 e. The molecule has 0 aliphatic carbocycles. The van der Waals surface area contributed by atoms with Gasteiger partial charge in [-0.3, -0.25) is 14.4 Å². The minimum Gasteiger partial charge on any atom is -0.481 e. The summed E-state index contributed by atoms with van der Waals surface area (Å²) in [5.41, 5.74) is -2.21. The maximum absolute atomic E-state index is 14.0. The molecular formula is C24H38N2O6. The molecule has 8 nitrogen and oxygen atoms in total. The Morgan fingerprint density at radius 2 is 2.06 bits per heavy atom. The van der Waals surface area contributed by atoms with Crippen LogP contribution in [0.5, 0.6) is 0 Å². The lowest BCUT2D eigenvalue weighted by atomic mass is 9.62. The van der Waals surface area contributed by atoms with Crippen LogP contribution in [0.4, 0.5) is 0 Å². The minimum atomic E-state index is -1.20. The van der Waals surface area contributed by atoms with Gasteiger partial charge in [-0.15, -0.1) is 6.58 Å². The Hall–Kier alpha value is -1.93. The fraction of sp³-hybridized carbons (Fsp3) is 0.792. The van der Waals surface area contributed by atoms with Crippen LogP contribution in [0.15, 0.2) is 12.7 Å². The molecule has 32 heavy (non-hydrogen) atoms. The predicted octanol–water partition coefficient (Wildman–Crippen LogP) is 2.06. The topological polar surface area (TPSA) is 107 Å². The average Bonchev–Trinajstić information content (AvgIpc) is 3.25. The van der Waals surface area contributed by atoms with E-state index < -0.39 is 41.1 Å². The number of rotatable bonds is 11. The molecule has 3 aliphatic rings. The number of carboxylic acid groups (broad SMARTS) is 1. The second kappa shape index (κ2) is 9.14. The number of amides is 2. The molecule has 3 saturated heterocycles. The third kappa shape index (κ3) is 3.46. The highest BCUT2D eigenvalue weighted by Crippen LogP contribution is 2.65. The number of hydrogen-bond donors (Lipinski definition) is 2. The molecule has 0 aromatic rings. The highest BCUT2D eigenvalue weighted by atomic mass is 16.5. The quantitative estimate of drug-likeness (QED) is 0.369. The molecule has 0 aromatic carbocycles. The second-order valence-corrected chi connectivity index (χ2v) is 9.81. The van der Waals surface area contributed by atoms with E-state index >= 15 is 0 Å². The zero-order valence-corrected chi connectivity index (χ0v) is 19.7. The van der Waals surface area contributed by atoms with Crippen molar-refractivity contribution in [2.45, 2.75) is 83.1 Å². The molecule has 3 unspecified atom stereocenters. The number of ether oxygens (including phenoxy) is 1. The van der Waals surface area contributed by atoms with Gasteiger partial charge in [-0.25, -0.2) is 0 Å². The van der Waals surface area contributed by atoms with Crippen molar-refractivity contribution in [2.75, 3.05) is 19.7 Å². The molecule has 2 N–H and O–H groups in total. The molecule has 0 saturated carbocycles. The smallest absolute Gasteiger partial charge is 0.310 e. The SMILES string of the molecule is C=CCN(CCCCC)C(=O)C1N([C@@H](CC)CO)C(=O)[C@@H]2[C@H](C(=O)O)[C@@]3(C)OC12CC3C. The summed E-state index contributed by atoms with van der Waals surface area (Å²) in [7, 11) is 0. The van der Waals surface area contributed by atoms with Gasteiger partial charge in [-0.2, -0.15) is 0 Å². The zero-order valence-electron chi connectivity index (χ0n) is 19.7. The van der Waals surface area contributed by atoms with E-state index in [2.05, 4.69) is 13.5 Å². The maximum atomic E-state index is 14.0. The van der Waals surface area contributed by atoms with E-state index in [9.17, 15) is 24.6 Å². The highest BCUT2D eigenvalue weighted by molar-refractivity contribution is 5.98. The summed E-state index contributed by atoms with van der Waals surface area (Å²) in [4.78, 5) is 43.2. The number of unbranched alkanes of at least 4 members (excludes halogenated alkanes) is 2. The number of aliphatic hydroxyl groups excluding tert-OH is 1. The lowest BCUT2D eigenvalue weighted by molar-refractivity contribution is -0.160. The second-order valence-electron chi connectivity index (χ2n) is 9.81. The van der Waals surface area contributed by atoms with Crippen molar-refractivity contribution < 1.29 is 29.3 Å². The van der Waals surface area contributed by atoms with Crippen molar-refractivity contribution in [3.05, 3.63) is 12.7 Å². The van der Waals surface area contributed by atoms with Gasteiger partial charge in [0.15, 0.2) is 0 Å². The van der Waals surface area contributed by atoms with Crippen LogP contribution >= 0.6 is 0 Å². The fourth-order valence-electron chi connectivity index (χ4n) is 6.31. The molecule has 3 aliphatic heterocycles. The molecule has 7 atom stereocenters. The van der Waals surface area contributed by atoms with E-state index in [1.807, 2.05) is 13.8 Å². The summed E-state index contributed by atoms with van der Waals surface area (Å²) in [5.74, 6) is -3.79. The monoisotopic (exact) mass is 450 g/mol. The summed E-state index contributed by atoms with van der Waals surface area (Å²) in [5, 5.41) is 20.1. The summed E-state index contributed by atoms with van der Waals surface area (Å²) >= 11 is 0. The Morgan fingerprint density at radius 1 is 1.38 bits per heavy atom. The van der Waals surface area contributed by atoms with Gasteiger partial charge < -0.3 is 24.7 Å². The van der Waals surface area contributed by atoms with E-state index in [4.69, 9.17) is 4.74 Å². The first-order chi connectivity index (χ1) is 15.1. The van der Waals surface area contributed by atoms with Gasteiger partial charge in [0.25, 0.3) is 0 Å². The van der Waals surface area contributed by atoms with Gasteiger partial charge in [-0.05, 0) is 32.1 Å². The molecule has 3 heterocycles. The molecule has 3 rings (SSSR count). The van der Waals surface area contributed by atoms with Crippen molar-refractivity contribution >= 4 is 17.8 Å². The normalized spacial score (nSPS) is 36.3. The average molecular weight is 451 g/mol. The number of carboxylic acids is 1. The number of carbonyl (C=O) groups is 3. The van der Waals surface area contributed by atoms with Crippen LogP contribution in [0.3, 0.4) is 0 Å². The number of likely N-dealkylation sites (tertiary alicyclic amines) is 1. The van der Waals surface area contributed by atoms with Crippen LogP contribution in [-0.2, 0) is 19.1 Å². The number of aliphatic hydroxyl groups is 1. The predicted molar refractivity (Wildman–Crippen MR) is 119 cm³/mol. The van der Waals surface area contributed by atoms with E-state index in [-0.39, 0.29) is 24.3 Å². The van der Waals surface area contributed by atoms with Crippen LogP contribution in [0.1, 0.15) is 59.8 Å². The molecule has 1 spiro atoms. The lowest BCUT2D eigenvalue weighted by Crippen LogP contribution is -2.59. The first-order valence-electron chi connectivity index (χ1n) is 11.9. The first kappa shape index (κ1) is 24.7. The largest absolute Gasteiger partial charge is 0.481 e. The summed E-state index contributed by atoms with van der Waals surface area (Å²) in [6.07, 6.45) is 5.38. The fourth-order valence-corrected chi connectivity index (χ4v) is 6.31. The Morgan fingerprint density at radius 3 is 2.59 bits per heavy atom. The van der Waals surface area contributed by atoms with Gasteiger partial charge >= 0.3 is 5.97 Å². The van der Waals surface area contributed by atoms with Crippen LogP contribution in [0.2, 0.25) is 0 Å². The number of carbonyl (C=O) groups excluding carboxylic acids is 2. The molecule has 180 valence electrons. The van der Waals surface area contributed by atoms with Crippen molar-refractivity contribution in [1.29, 1.82) is 0 Å². The number of aliphatic carboxylic acids is 1. The third-order valence-corrected chi connectivity index (χ3v) is 8.02. The van der Waals surface area contributed by atoms with Crippen molar-refractivity contribution in [3.8, 4) is 0 Å². The Bertz CT molecular complexity index is 768. The third-order valence-electron chi connectivity index (χ3n) is 8.02. The number of fused-ring (bicyclic) bond motifs is 1. The molecule has 2 amide bonds.